The van der Waals surface area contributed by atoms with E-state index in [2.05, 4.69) is 20.8 Å². The normalized spacial score (nSPS) is 21.4. The van der Waals surface area contributed by atoms with Crippen LogP contribution in [0.5, 0.6) is 0 Å². The molecule has 0 radical (unpaired) electrons. The highest BCUT2D eigenvalue weighted by Crippen LogP contribution is 2.28. The van der Waals surface area contributed by atoms with Gasteiger partial charge in [0.05, 0.1) is 24.5 Å². The van der Waals surface area contributed by atoms with Crippen molar-refractivity contribution in [2.24, 2.45) is 5.92 Å². The molecule has 19 heavy (non-hydrogen) atoms. The molecule has 3 N–H and O–H groups in total. The molecule has 1 heterocycles. The van der Waals surface area contributed by atoms with Crippen molar-refractivity contribution in [2.75, 3.05) is 13.1 Å². The van der Waals surface area contributed by atoms with Gasteiger partial charge in [-0.15, -0.1) is 12.4 Å². The van der Waals surface area contributed by atoms with Crippen LogP contribution < -0.4 is 10.6 Å². The van der Waals surface area contributed by atoms with Gasteiger partial charge in [-0.1, -0.05) is 0 Å². The summed E-state index contributed by atoms with van der Waals surface area (Å²) >= 11 is 0. The Morgan fingerprint density at radius 2 is 2.26 bits per heavy atom. The molecule has 2 aliphatic carbocycles. The third-order valence-electron chi connectivity index (χ3n) is 3.79. The number of aromatic amines is 1. The molecule has 0 saturated heterocycles. The molecule has 0 aromatic carbocycles. The van der Waals surface area contributed by atoms with Crippen LogP contribution in [0.4, 0.5) is 0 Å². The van der Waals surface area contributed by atoms with Crippen molar-refractivity contribution in [3.63, 3.8) is 0 Å². The van der Waals surface area contributed by atoms with Crippen molar-refractivity contribution in [2.45, 2.75) is 38.1 Å². The Labute approximate surface area is 119 Å². The number of hydrogen-bond donors (Lipinski definition) is 3. The first-order valence-electron chi connectivity index (χ1n) is 6.85. The zero-order chi connectivity index (χ0) is 12.4. The fourth-order valence-electron chi connectivity index (χ4n) is 2.56. The Morgan fingerprint density at radius 1 is 1.42 bits per heavy atom. The lowest BCUT2D eigenvalue weighted by Crippen LogP contribution is -2.38. The maximum Gasteiger partial charge on any atom is 0.234 e. The van der Waals surface area contributed by atoms with Crippen LogP contribution in [0, 0.1) is 5.92 Å². The number of carbonyl (C=O) groups excluding carboxylic acids is 1. The molecular weight excluding hydrogens is 264 g/mol. The number of halogens is 1. The average Bonchev–Trinajstić information content (AvgIpc) is 3.05. The zero-order valence-electron chi connectivity index (χ0n) is 10.9. The van der Waals surface area contributed by atoms with Crippen LogP contribution in [0.3, 0.4) is 0 Å². The van der Waals surface area contributed by atoms with Gasteiger partial charge in [0.25, 0.3) is 0 Å². The van der Waals surface area contributed by atoms with Crippen LogP contribution in [-0.2, 0) is 11.2 Å². The maximum absolute atomic E-state index is 11.8. The summed E-state index contributed by atoms with van der Waals surface area (Å²) in [5.41, 5.74) is 2.34. The molecule has 1 aromatic rings. The highest BCUT2D eigenvalue weighted by Gasteiger charge is 2.24. The number of amides is 1. The monoisotopic (exact) mass is 284 g/mol. The highest BCUT2D eigenvalue weighted by atomic mass is 35.5. The van der Waals surface area contributed by atoms with E-state index in [9.17, 15) is 4.79 Å². The highest BCUT2D eigenvalue weighted by molar-refractivity contribution is 5.85. The number of aryl methyl sites for hydroxylation is 1. The first kappa shape index (κ1) is 14.3. The summed E-state index contributed by atoms with van der Waals surface area (Å²) in [5.74, 6) is 0.898. The van der Waals surface area contributed by atoms with Crippen molar-refractivity contribution >= 4 is 18.3 Å². The quantitative estimate of drug-likeness (QED) is 0.764. The van der Waals surface area contributed by atoms with Crippen molar-refractivity contribution in [1.82, 2.24) is 20.8 Å². The van der Waals surface area contributed by atoms with Gasteiger partial charge in [0.1, 0.15) is 0 Å². The molecule has 6 heteroatoms. The number of nitrogens with zero attached hydrogens (tertiary/aromatic N) is 1. The van der Waals surface area contributed by atoms with Gasteiger partial charge in [0, 0.05) is 0 Å². The number of H-pyrrole nitrogens is 1. The number of rotatable bonds is 5. The third kappa shape index (κ3) is 3.70. The second-order valence-corrected chi connectivity index (χ2v) is 5.40. The zero-order valence-corrected chi connectivity index (χ0v) is 11.8. The van der Waals surface area contributed by atoms with E-state index in [4.69, 9.17) is 0 Å². The second-order valence-electron chi connectivity index (χ2n) is 5.40. The minimum atomic E-state index is 0. The smallest absolute Gasteiger partial charge is 0.234 e. The molecule has 2 aliphatic rings. The minimum Gasteiger partial charge on any atom is -0.347 e. The minimum absolute atomic E-state index is 0. The van der Waals surface area contributed by atoms with Gasteiger partial charge in [-0.05, 0) is 50.1 Å². The molecule has 1 fully saturated rings. The Morgan fingerprint density at radius 3 is 3.05 bits per heavy atom. The summed E-state index contributed by atoms with van der Waals surface area (Å²) in [5, 5.41) is 13.4. The van der Waals surface area contributed by atoms with E-state index in [0.717, 1.165) is 37.4 Å². The number of carbonyl (C=O) groups is 1. The molecule has 1 atom stereocenters. The van der Waals surface area contributed by atoms with E-state index >= 15 is 0 Å². The van der Waals surface area contributed by atoms with E-state index in [1.165, 1.54) is 18.4 Å². The predicted octanol–water partition coefficient (Wildman–Crippen LogP) is 1.32. The van der Waals surface area contributed by atoms with Gasteiger partial charge in [-0.3, -0.25) is 9.89 Å². The lowest BCUT2D eigenvalue weighted by molar-refractivity contribution is -0.121. The molecule has 0 spiro atoms. The van der Waals surface area contributed by atoms with Crippen LogP contribution >= 0.6 is 12.4 Å². The van der Waals surface area contributed by atoms with Crippen LogP contribution in [0.1, 0.15) is 43.0 Å². The van der Waals surface area contributed by atoms with E-state index in [1.807, 2.05) is 6.20 Å². The van der Waals surface area contributed by atoms with Crippen LogP contribution in [0.2, 0.25) is 0 Å². The van der Waals surface area contributed by atoms with E-state index < -0.39 is 0 Å². The molecule has 3 rings (SSSR count). The van der Waals surface area contributed by atoms with Gasteiger partial charge in [0.15, 0.2) is 0 Å². The standard InChI is InChI=1S/C13H20N4O.ClH/c18-12(8-14-6-9-4-5-9)16-11-3-1-2-10-7-15-17-13(10)11;/h7,9,11,14H,1-6,8H2,(H,15,17)(H,16,18);1H. The topological polar surface area (TPSA) is 69.8 Å². The van der Waals surface area contributed by atoms with Gasteiger partial charge < -0.3 is 10.6 Å². The van der Waals surface area contributed by atoms with Gasteiger partial charge in [0.2, 0.25) is 5.91 Å². The first-order chi connectivity index (χ1) is 8.83. The Hall–Kier alpha value is -1.07. The maximum atomic E-state index is 11.8. The first-order valence-corrected chi connectivity index (χ1v) is 6.85. The number of nitrogens with one attached hydrogen (secondary N) is 3. The summed E-state index contributed by atoms with van der Waals surface area (Å²) in [6.07, 6.45) is 7.69. The van der Waals surface area contributed by atoms with Crippen molar-refractivity contribution < 1.29 is 4.79 Å². The Bertz CT molecular complexity index is 430. The third-order valence-corrected chi connectivity index (χ3v) is 3.79. The molecule has 5 nitrogen and oxygen atoms in total. The Kier molecular flexibility index (Phi) is 4.82. The molecule has 1 unspecified atom stereocenters. The van der Waals surface area contributed by atoms with Crippen molar-refractivity contribution in [3.8, 4) is 0 Å². The average molecular weight is 285 g/mol. The lowest BCUT2D eigenvalue weighted by atomic mass is 9.94. The lowest BCUT2D eigenvalue weighted by Gasteiger charge is -2.23. The van der Waals surface area contributed by atoms with Gasteiger partial charge in [-0.25, -0.2) is 0 Å². The molecule has 0 aliphatic heterocycles. The summed E-state index contributed by atoms with van der Waals surface area (Å²) in [6.45, 7) is 1.41. The molecule has 1 aromatic heterocycles. The van der Waals surface area contributed by atoms with Gasteiger partial charge >= 0.3 is 0 Å². The summed E-state index contributed by atoms with van der Waals surface area (Å²) in [6, 6.07) is 0.117. The summed E-state index contributed by atoms with van der Waals surface area (Å²) in [7, 11) is 0. The molecule has 106 valence electrons. The van der Waals surface area contributed by atoms with E-state index in [-0.39, 0.29) is 24.4 Å². The molecule has 1 amide bonds. The largest absolute Gasteiger partial charge is 0.347 e. The number of hydrogen-bond acceptors (Lipinski definition) is 3. The SMILES string of the molecule is Cl.O=C(CNCC1CC1)NC1CCCc2cn[nH]c21. The van der Waals surface area contributed by atoms with E-state index in [1.54, 1.807) is 0 Å². The molecular formula is C13H21ClN4O. The fraction of sp³-hybridized carbons (Fsp3) is 0.692. The molecule has 1 saturated carbocycles. The second kappa shape index (κ2) is 6.39. The van der Waals surface area contributed by atoms with Gasteiger partial charge in [-0.2, -0.15) is 5.10 Å². The predicted molar refractivity (Wildman–Crippen MR) is 75.3 cm³/mol. The fourth-order valence-corrected chi connectivity index (χ4v) is 2.56. The van der Waals surface area contributed by atoms with Crippen LogP contribution in [0.25, 0.3) is 0 Å². The van der Waals surface area contributed by atoms with Crippen molar-refractivity contribution in [3.05, 3.63) is 17.5 Å². The number of aromatic nitrogens is 2. The number of fused-ring (bicyclic) bond motifs is 1. The Balaban J connectivity index is 0.00000133. The van der Waals surface area contributed by atoms with E-state index in [0.29, 0.717) is 6.54 Å². The van der Waals surface area contributed by atoms with Crippen LogP contribution in [-0.4, -0.2) is 29.2 Å². The molecule has 0 bridgehead atoms. The summed E-state index contributed by atoms with van der Waals surface area (Å²) in [4.78, 5) is 11.8. The van der Waals surface area contributed by atoms with Crippen LogP contribution in [0.15, 0.2) is 6.20 Å². The summed E-state index contributed by atoms with van der Waals surface area (Å²) < 4.78 is 0. The van der Waals surface area contributed by atoms with Crippen molar-refractivity contribution in [1.29, 1.82) is 0 Å².